The second-order valence-electron chi connectivity index (χ2n) is 2.40. The molecule has 1 rings (SSSR count). The predicted molar refractivity (Wildman–Crippen MR) is 41.5 cm³/mol. The van der Waals surface area contributed by atoms with Gasteiger partial charge in [0.15, 0.2) is 5.56 Å². The largest absolute Gasteiger partial charge is 0.365 e. The number of primary amides is 1. The lowest BCUT2D eigenvalue weighted by Gasteiger charge is -1.99. The van der Waals surface area contributed by atoms with E-state index in [9.17, 15) is 23.7 Å². The summed E-state index contributed by atoms with van der Waals surface area (Å²) in [5, 5.41) is 10.3. The molecule has 1 aromatic carbocycles. The molecule has 0 heterocycles. The zero-order valence-corrected chi connectivity index (χ0v) is 6.66. The van der Waals surface area contributed by atoms with Crippen LogP contribution < -0.4 is 5.73 Å². The molecular weight excluding hydrogens is 198 g/mol. The average molecular weight is 202 g/mol. The Labute approximate surface area is 76.3 Å². The minimum Gasteiger partial charge on any atom is -0.365 e. The zero-order valence-electron chi connectivity index (χ0n) is 6.66. The Morgan fingerprint density at radius 1 is 1.43 bits per heavy atom. The summed E-state index contributed by atoms with van der Waals surface area (Å²) in [5.74, 6) is -3.79. The van der Waals surface area contributed by atoms with Crippen LogP contribution in [0.15, 0.2) is 12.1 Å². The van der Waals surface area contributed by atoms with Crippen LogP contribution in [0, 0.1) is 21.7 Å². The van der Waals surface area contributed by atoms with Gasteiger partial charge in [-0.1, -0.05) is 0 Å². The fraction of sp³-hybridized carbons (Fsp3) is 0. The van der Waals surface area contributed by atoms with Gasteiger partial charge in [0.05, 0.1) is 11.0 Å². The van der Waals surface area contributed by atoms with E-state index in [-0.39, 0.29) is 0 Å². The lowest BCUT2D eigenvalue weighted by molar-refractivity contribution is -0.385. The van der Waals surface area contributed by atoms with Gasteiger partial charge >= 0.3 is 0 Å². The molecule has 1 aromatic rings. The number of carbonyl (C=O) groups is 1. The molecule has 2 N–H and O–H groups in total. The third-order valence-electron chi connectivity index (χ3n) is 1.48. The average Bonchev–Trinajstić information content (AvgIpc) is 2.01. The standard InChI is InChI=1S/C7H4F2N2O3/c8-3-1-4(9)6(7(10)12)5(2-3)11(13)14/h1-2H,(H2,10,12). The summed E-state index contributed by atoms with van der Waals surface area (Å²) in [7, 11) is 0. The number of benzene rings is 1. The Morgan fingerprint density at radius 3 is 2.43 bits per heavy atom. The third kappa shape index (κ3) is 1.65. The number of hydrogen-bond acceptors (Lipinski definition) is 3. The first-order valence-electron chi connectivity index (χ1n) is 3.36. The number of amides is 1. The summed E-state index contributed by atoms with van der Waals surface area (Å²) < 4.78 is 25.4. The normalized spacial score (nSPS) is 9.86. The molecular formula is C7H4F2N2O3. The number of nitrogens with two attached hydrogens (primary N) is 1. The van der Waals surface area contributed by atoms with Crippen LogP contribution in [0.4, 0.5) is 14.5 Å². The molecule has 14 heavy (non-hydrogen) atoms. The van der Waals surface area contributed by atoms with E-state index in [1.807, 2.05) is 0 Å². The Balaban J connectivity index is 3.52. The molecule has 0 aromatic heterocycles. The fourth-order valence-electron chi connectivity index (χ4n) is 0.948. The van der Waals surface area contributed by atoms with E-state index in [4.69, 9.17) is 5.73 Å². The topological polar surface area (TPSA) is 86.2 Å². The van der Waals surface area contributed by atoms with Gasteiger partial charge in [-0.15, -0.1) is 0 Å². The lowest BCUT2D eigenvalue weighted by atomic mass is 10.1. The Morgan fingerprint density at radius 2 is 2.00 bits per heavy atom. The second-order valence-corrected chi connectivity index (χ2v) is 2.40. The first-order chi connectivity index (χ1) is 6.43. The van der Waals surface area contributed by atoms with E-state index in [2.05, 4.69) is 0 Å². The van der Waals surface area contributed by atoms with Gasteiger partial charge in [0, 0.05) is 6.07 Å². The summed E-state index contributed by atoms with van der Waals surface area (Å²) in [4.78, 5) is 19.8. The van der Waals surface area contributed by atoms with E-state index in [0.717, 1.165) is 0 Å². The number of halogens is 2. The Bertz CT molecular complexity index is 420. The van der Waals surface area contributed by atoms with Crippen LogP contribution in [0.2, 0.25) is 0 Å². The van der Waals surface area contributed by atoms with Gasteiger partial charge in [0.25, 0.3) is 11.6 Å². The molecule has 0 saturated heterocycles. The van der Waals surface area contributed by atoms with Crippen LogP contribution >= 0.6 is 0 Å². The van der Waals surface area contributed by atoms with Crippen LogP contribution in [0.5, 0.6) is 0 Å². The maximum atomic E-state index is 12.9. The molecule has 0 bridgehead atoms. The minimum absolute atomic E-state index is 0.354. The minimum atomic E-state index is -1.34. The van der Waals surface area contributed by atoms with Crippen molar-refractivity contribution in [3.8, 4) is 0 Å². The number of carbonyl (C=O) groups excluding carboxylic acids is 1. The molecule has 0 aliphatic carbocycles. The van der Waals surface area contributed by atoms with Crippen molar-refractivity contribution in [1.29, 1.82) is 0 Å². The maximum Gasteiger partial charge on any atom is 0.288 e. The van der Waals surface area contributed by atoms with Crippen molar-refractivity contribution in [3.63, 3.8) is 0 Å². The summed E-state index contributed by atoms with van der Waals surface area (Å²) in [6, 6.07) is 0.788. The van der Waals surface area contributed by atoms with E-state index < -0.39 is 33.7 Å². The highest BCUT2D eigenvalue weighted by Gasteiger charge is 2.24. The summed E-state index contributed by atoms with van der Waals surface area (Å²) in [6.45, 7) is 0. The van der Waals surface area contributed by atoms with Gasteiger partial charge in [-0.25, -0.2) is 8.78 Å². The predicted octanol–water partition coefficient (Wildman–Crippen LogP) is 0.972. The zero-order chi connectivity index (χ0) is 10.9. The fourth-order valence-corrected chi connectivity index (χ4v) is 0.948. The molecule has 1 amide bonds. The molecule has 74 valence electrons. The molecule has 0 fully saturated rings. The number of nitrogens with zero attached hydrogens (tertiary/aromatic N) is 1. The molecule has 0 spiro atoms. The van der Waals surface area contributed by atoms with Crippen molar-refractivity contribution in [1.82, 2.24) is 0 Å². The summed E-state index contributed by atoms with van der Waals surface area (Å²) in [6.07, 6.45) is 0. The van der Waals surface area contributed by atoms with Gasteiger partial charge in [-0.05, 0) is 0 Å². The van der Waals surface area contributed by atoms with Crippen LogP contribution in [0.25, 0.3) is 0 Å². The van der Waals surface area contributed by atoms with Crippen molar-refractivity contribution in [3.05, 3.63) is 39.4 Å². The van der Waals surface area contributed by atoms with Gasteiger partial charge in [0.1, 0.15) is 11.6 Å². The molecule has 0 atom stereocenters. The van der Waals surface area contributed by atoms with Gasteiger partial charge in [-0.3, -0.25) is 14.9 Å². The van der Waals surface area contributed by atoms with Crippen molar-refractivity contribution in [2.45, 2.75) is 0 Å². The highest BCUT2D eigenvalue weighted by molar-refractivity contribution is 5.97. The highest BCUT2D eigenvalue weighted by Crippen LogP contribution is 2.22. The van der Waals surface area contributed by atoms with Crippen LogP contribution in [-0.4, -0.2) is 10.8 Å². The molecule has 0 radical (unpaired) electrons. The Kier molecular flexibility index (Phi) is 2.41. The molecule has 7 heteroatoms. The van der Waals surface area contributed by atoms with Gasteiger partial charge in [0.2, 0.25) is 0 Å². The van der Waals surface area contributed by atoms with Crippen LogP contribution in [-0.2, 0) is 0 Å². The van der Waals surface area contributed by atoms with Gasteiger partial charge in [-0.2, -0.15) is 0 Å². The van der Waals surface area contributed by atoms with Crippen molar-refractivity contribution in [2.24, 2.45) is 5.73 Å². The lowest BCUT2D eigenvalue weighted by Crippen LogP contribution is -2.16. The smallest absolute Gasteiger partial charge is 0.288 e. The van der Waals surface area contributed by atoms with E-state index in [1.165, 1.54) is 0 Å². The first kappa shape index (κ1) is 10.0. The van der Waals surface area contributed by atoms with E-state index in [1.54, 1.807) is 0 Å². The van der Waals surface area contributed by atoms with Crippen LogP contribution in [0.3, 0.4) is 0 Å². The first-order valence-corrected chi connectivity index (χ1v) is 3.36. The Hall–Kier alpha value is -2.05. The van der Waals surface area contributed by atoms with Gasteiger partial charge < -0.3 is 5.73 Å². The second kappa shape index (κ2) is 3.36. The van der Waals surface area contributed by atoms with Crippen molar-refractivity contribution < 1.29 is 18.5 Å². The highest BCUT2D eigenvalue weighted by atomic mass is 19.1. The van der Waals surface area contributed by atoms with Crippen molar-refractivity contribution in [2.75, 3.05) is 0 Å². The maximum absolute atomic E-state index is 12.9. The molecule has 0 saturated carbocycles. The van der Waals surface area contributed by atoms with Crippen LogP contribution in [0.1, 0.15) is 10.4 Å². The van der Waals surface area contributed by atoms with E-state index >= 15 is 0 Å². The summed E-state index contributed by atoms with van der Waals surface area (Å²) in [5.41, 5.74) is 2.80. The van der Waals surface area contributed by atoms with Crippen molar-refractivity contribution >= 4 is 11.6 Å². The third-order valence-corrected chi connectivity index (χ3v) is 1.48. The number of rotatable bonds is 2. The van der Waals surface area contributed by atoms with E-state index in [0.29, 0.717) is 12.1 Å². The quantitative estimate of drug-likeness (QED) is 0.572. The molecule has 5 nitrogen and oxygen atoms in total. The SMILES string of the molecule is NC(=O)c1c(F)cc(F)cc1[N+](=O)[O-]. The molecule has 0 aliphatic heterocycles. The molecule has 0 aliphatic rings. The number of hydrogen-bond donors (Lipinski definition) is 1. The number of nitro groups is 1. The molecule has 0 unspecified atom stereocenters. The monoisotopic (exact) mass is 202 g/mol. The number of nitro benzene ring substituents is 1. The summed E-state index contributed by atoms with van der Waals surface area (Å²) >= 11 is 0.